The van der Waals surface area contributed by atoms with Gasteiger partial charge in [0.15, 0.2) is 5.11 Å². The molecular weight excluding hydrogens is 346 g/mol. The number of amides is 1. The molecule has 1 heterocycles. The highest BCUT2D eigenvalue weighted by Crippen LogP contribution is 2.13. The average Bonchev–Trinajstić information content (AvgIpc) is 2.93. The fourth-order valence-electron chi connectivity index (χ4n) is 1.83. The standard InChI is InChI=1S/C15H19N5O2S2/c1-4-9-22-12-7-5-11(6-8-12)13(21)16-14(23)19-20-10(2)17-18-15(20)24-3/h5-8H,4,9H2,1-3H3,(H2,16,19,21,23). The molecule has 0 unspecified atom stereocenters. The van der Waals surface area contributed by atoms with Gasteiger partial charge in [0.05, 0.1) is 6.61 Å². The Hall–Kier alpha value is -2.13. The summed E-state index contributed by atoms with van der Waals surface area (Å²) in [7, 11) is 0. The number of rotatable bonds is 6. The van der Waals surface area contributed by atoms with Crippen LogP contribution in [0.15, 0.2) is 29.4 Å². The highest BCUT2D eigenvalue weighted by atomic mass is 32.2. The molecule has 0 saturated carbocycles. The second-order valence-electron chi connectivity index (χ2n) is 4.84. The van der Waals surface area contributed by atoms with Gasteiger partial charge in [-0.3, -0.25) is 15.5 Å². The number of benzene rings is 1. The van der Waals surface area contributed by atoms with Gasteiger partial charge in [-0.05, 0) is 56.1 Å². The molecule has 24 heavy (non-hydrogen) atoms. The summed E-state index contributed by atoms with van der Waals surface area (Å²) in [6.45, 7) is 4.48. The second-order valence-corrected chi connectivity index (χ2v) is 6.02. The molecule has 0 bridgehead atoms. The second kappa shape index (κ2) is 8.65. The van der Waals surface area contributed by atoms with Crippen LogP contribution in [0.4, 0.5) is 0 Å². The minimum Gasteiger partial charge on any atom is -0.494 e. The molecule has 0 aliphatic rings. The van der Waals surface area contributed by atoms with Gasteiger partial charge >= 0.3 is 0 Å². The molecule has 0 spiro atoms. The fourth-order valence-corrected chi connectivity index (χ4v) is 2.50. The minimum absolute atomic E-state index is 0.171. The summed E-state index contributed by atoms with van der Waals surface area (Å²) >= 11 is 6.60. The van der Waals surface area contributed by atoms with Gasteiger partial charge in [-0.15, -0.1) is 10.2 Å². The number of hydrogen-bond donors (Lipinski definition) is 2. The Bertz CT molecular complexity index is 715. The lowest BCUT2D eigenvalue weighted by Crippen LogP contribution is -2.38. The number of carbonyl (C=O) groups is 1. The van der Waals surface area contributed by atoms with Crippen LogP contribution < -0.4 is 15.5 Å². The topological polar surface area (TPSA) is 81.1 Å². The molecule has 2 N–H and O–H groups in total. The zero-order valence-electron chi connectivity index (χ0n) is 13.7. The molecule has 0 aliphatic heterocycles. The number of ether oxygens (including phenoxy) is 1. The first-order valence-electron chi connectivity index (χ1n) is 7.36. The van der Waals surface area contributed by atoms with E-state index in [-0.39, 0.29) is 11.0 Å². The van der Waals surface area contributed by atoms with Crippen LogP contribution in [0.3, 0.4) is 0 Å². The zero-order valence-corrected chi connectivity index (χ0v) is 15.3. The van der Waals surface area contributed by atoms with Gasteiger partial charge in [-0.25, -0.2) is 4.68 Å². The highest BCUT2D eigenvalue weighted by molar-refractivity contribution is 7.98. The van der Waals surface area contributed by atoms with Crippen LogP contribution in [0.25, 0.3) is 0 Å². The summed E-state index contributed by atoms with van der Waals surface area (Å²) in [5.41, 5.74) is 3.39. The fraction of sp³-hybridized carbons (Fsp3) is 0.333. The summed E-state index contributed by atoms with van der Waals surface area (Å²) in [6.07, 6.45) is 2.81. The van der Waals surface area contributed by atoms with Crippen LogP contribution in [0.1, 0.15) is 29.5 Å². The van der Waals surface area contributed by atoms with Crippen LogP contribution in [0.2, 0.25) is 0 Å². The summed E-state index contributed by atoms with van der Waals surface area (Å²) in [6, 6.07) is 6.91. The molecule has 0 saturated heterocycles. The molecule has 9 heteroatoms. The Morgan fingerprint density at radius 1 is 1.33 bits per heavy atom. The first-order chi connectivity index (χ1) is 11.5. The minimum atomic E-state index is -0.300. The number of nitrogens with zero attached hydrogens (tertiary/aromatic N) is 3. The zero-order chi connectivity index (χ0) is 17.5. The lowest BCUT2D eigenvalue weighted by molar-refractivity contribution is 0.0977. The van der Waals surface area contributed by atoms with Gasteiger partial charge in [0, 0.05) is 5.56 Å². The summed E-state index contributed by atoms with van der Waals surface area (Å²) in [5, 5.41) is 11.4. The van der Waals surface area contributed by atoms with E-state index >= 15 is 0 Å². The quantitative estimate of drug-likeness (QED) is 0.601. The van der Waals surface area contributed by atoms with Crippen LogP contribution >= 0.6 is 24.0 Å². The van der Waals surface area contributed by atoms with Crippen molar-refractivity contribution in [3.05, 3.63) is 35.7 Å². The molecule has 0 fully saturated rings. The van der Waals surface area contributed by atoms with Gasteiger partial charge in [0.2, 0.25) is 5.16 Å². The average molecular weight is 365 g/mol. The SMILES string of the molecule is CCCOc1ccc(C(=O)NC(=S)Nn2c(C)nnc2SC)cc1. The molecule has 1 aromatic heterocycles. The first-order valence-corrected chi connectivity index (χ1v) is 8.99. The Morgan fingerprint density at radius 3 is 2.67 bits per heavy atom. The van der Waals surface area contributed by atoms with E-state index in [4.69, 9.17) is 17.0 Å². The predicted octanol–water partition coefficient (Wildman–Crippen LogP) is 2.36. The first kappa shape index (κ1) is 18.2. The summed E-state index contributed by atoms with van der Waals surface area (Å²) in [5.74, 6) is 1.08. The lowest BCUT2D eigenvalue weighted by atomic mass is 10.2. The van der Waals surface area contributed by atoms with Crippen molar-refractivity contribution in [2.75, 3.05) is 18.3 Å². The number of aromatic nitrogens is 3. The predicted molar refractivity (Wildman–Crippen MR) is 98.2 cm³/mol. The van der Waals surface area contributed by atoms with Gasteiger partial charge in [-0.1, -0.05) is 18.7 Å². The van der Waals surface area contributed by atoms with E-state index in [1.807, 2.05) is 13.2 Å². The maximum Gasteiger partial charge on any atom is 0.257 e. The van der Waals surface area contributed by atoms with Crippen LogP contribution in [-0.2, 0) is 0 Å². The molecule has 0 aliphatic carbocycles. The van der Waals surface area contributed by atoms with E-state index in [0.29, 0.717) is 23.2 Å². The number of thioether (sulfide) groups is 1. The monoisotopic (exact) mass is 365 g/mol. The van der Waals surface area contributed by atoms with Crippen molar-refractivity contribution in [2.24, 2.45) is 0 Å². The van der Waals surface area contributed by atoms with Crippen LogP contribution in [0, 0.1) is 6.92 Å². The third-order valence-corrected chi connectivity index (χ3v) is 3.83. The Kier molecular flexibility index (Phi) is 6.56. The van der Waals surface area contributed by atoms with E-state index < -0.39 is 0 Å². The van der Waals surface area contributed by atoms with Crippen molar-refractivity contribution in [3.63, 3.8) is 0 Å². The van der Waals surface area contributed by atoms with Gasteiger partial charge in [0.1, 0.15) is 11.6 Å². The molecule has 1 amide bonds. The molecule has 0 radical (unpaired) electrons. The van der Waals surface area contributed by atoms with Crippen LogP contribution in [0.5, 0.6) is 5.75 Å². The smallest absolute Gasteiger partial charge is 0.257 e. The van der Waals surface area contributed by atoms with Gasteiger partial charge < -0.3 is 4.74 Å². The maximum atomic E-state index is 12.2. The van der Waals surface area contributed by atoms with E-state index in [1.54, 1.807) is 35.9 Å². The summed E-state index contributed by atoms with van der Waals surface area (Å²) in [4.78, 5) is 12.2. The third kappa shape index (κ3) is 4.68. The van der Waals surface area contributed by atoms with Gasteiger partial charge in [0.25, 0.3) is 5.91 Å². The van der Waals surface area contributed by atoms with Crippen molar-refractivity contribution in [3.8, 4) is 5.75 Å². The number of aryl methyl sites for hydroxylation is 1. The van der Waals surface area contributed by atoms with Crippen molar-refractivity contribution < 1.29 is 9.53 Å². The normalized spacial score (nSPS) is 10.3. The van der Waals surface area contributed by atoms with E-state index in [2.05, 4.69) is 20.9 Å². The molecule has 1 aromatic carbocycles. The van der Waals surface area contributed by atoms with Crippen LogP contribution in [-0.4, -0.2) is 38.8 Å². The Morgan fingerprint density at radius 2 is 2.04 bits per heavy atom. The number of thiocarbonyl (C=S) groups is 1. The van der Waals surface area contributed by atoms with E-state index in [9.17, 15) is 4.79 Å². The van der Waals surface area contributed by atoms with E-state index in [1.165, 1.54) is 11.8 Å². The number of nitrogens with one attached hydrogen (secondary N) is 2. The largest absolute Gasteiger partial charge is 0.494 e. The Labute approximate surface area is 150 Å². The van der Waals surface area contributed by atoms with E-state index in [0.717, 1.165) is 12.2 Å². The lowest BCUT2D eigenvalue weighted by Gasteiger charge is -2.12. The molecule has 128 valence electrons. The maximum absolute atomic E-state index is 12.2. The van der Waals surface area contributed by atoms with Crippen molar-refractivity contribution >= 4 is 35.0 Å². The Balaban J connectivity index is 1.96. The van der Waals surface area contributed by atoms with Gasteiger partial charge in [-0.2, -0.15) is 0 Å². The van der Waals surface area contributed by atoms with Crippen molar-refractivity contribution in [1.82, 2.24) is 20.2 Å². The number of carbonyl (C=O) groups excluding carboxylic acids is 1. The number of hydrogen-bond acceptors (Lipinski definition) is 6. The van der Waals surface area contributed by atoms with Crippen molar-refractivity contribution in [1.29, 1.82) is 0 Å². The third-order valence-electron chi connectivity index (χ3n) is 3.01. The highest BCUT2D eigenvalue weighted by Gasteiger charge is 2.12. The molecule has 2 rings (SSSR count). The molecule has 0 atom stereocenters. The molecular formula is C15H19N5O2S2. The molecule has 7 nitrogen and oxygen atoms in total. The molecule has 2 aromatic rings. The summed E-state index contributed by atoms with van der Waals surface area (Å²) < 4.78 is 7.11. The van der Waals surface area contributed by atoms with Crippen molar-refractivity contribution in [2.45, 2.75) is 25.4 Å².